The first-order valence-electron chi connectivity index (χ1n) is 6.43. The second kappa shape index (κ2) is 5.05. The van der Waals surface area contributed by atoms with E-state index in [4.69, 9.17) is 10.3 Å². The van der Waals surface area contributed by atoms with E-state index in [2.05, 4.69) is 15.1 Å². The Bertz CT molecular complexity index is 554. The largest absolute Gasteiger partial charge is 0.339 e. The van der Waals surface area contributed by atoms with Gasteiger partial charge in [-0.1, -0.05) is 11.6 Å². The first-order valence-corrected chi connectivity index (χ1v) is 6.43. The summed E-state index contributed by atoms with van der Waals surface area (Å²) in [6.07, 6.45) is 5.17. The SMILES string of the molecule is NC1CCCC(c2nc(-c3ccc(F)cn3)no2)C1. The summed E-state index contributed by atoms with van der Waals surface area (Å²) >= 11 is 0. The van der Waals surface area contributed by atoms with Crippen LogP contribution >= 0.6 is 0 Å². The van der Waals surface area contributed by atoms with Crippen LogP contribution in [-0.2, 0) is 0 Å². The van der Waals surface area contributed by atoms with Gasteiger partial charge in [0.15, 0.2) is 0 Å². The van der Waals surface area contributed by atoms with Crippen molar-refractivity contribution in [2.75, 3.05) is 0 Å². The molecule has 6 heteroatoms. The highest BCUT2D eigenvalue weighted by Crippen LogP contribution is 2.31. The van der Waals surface area contributed by atoms with Gasteiger partial charge in [0.2, 0.25) is 11.7 Å². The third-order valence-electron chi connectivity index (χ3n) is 3.46. The standard InChI is InChI=1S/C13H15FN4O/c14-9-4-5-11(16-7-9)12-17-13(19-18-12)8-2-1-3-10(15)6-8/h4-5,7-8,10H,1-3,6,15H2. The highest BCUT2D eigenvalue weighted by molar-refractivity contribution is 5.47. The van der Waals surface area contributed by atoms with Gasteiger partial charge in [-0.3, -0.25) is 0 Å². The Morgan fingerprint density at radius 2 is 2.21 bits per heavy atom. The summed E-state index contributed by atoms with van der Waals surface area (Å²) in [5, 5.41) is 3.90. The lowest BCUT2D eigenvalue weighted by molar-refractivity contribution is 0.299. The molecule has 0 bridgehead atoms. The molecular formula is C13H15FN4O. The van der Waals surface area contributed by atoms with Crippen LogP contribution in [-0.4, -0.2) is 21.2 Å². The molecule has 3 rings (SSSR count). The zero-order valence-electron chi connectivity index (χ0n) is 10.4. The molecule has 2 heterocycles. The molecule has 1 aliphatic carbocycles. The molecule has 5 nitrogen and oxygen atoms in total. The second-order valence-corrected chi connectivity index (χ2v) is 4.94. The molecule has 0 saturated heterocycles. The van der Waals surface area contributed by atoms with Crippen molar-refractivity contribution in [1.82, 2.24) is 15.1 Å². The zero-order chi connectivity index (χ0) is 13.2. The average Bonchev–Trinajstić information content (AvgIpc) is 2.89. The van der Waals surface area contributed by atoms with Crippen LogP contribution in [0.15, 0.2) is 22.9 Å². The molecule has 1 aliphatic rings. The van der Waals surface area contributed by atoms with Crippen molar-refractivity contribution in [2.24, 2.45) is 5.73 Å². The van der Waals surface area contributed by atoms with Gasteiger partial charge in [0.1, 0.15) is 11.5 Å². The van der Waals surface area contributed by atoms with E-state index < -0.39 is 0 Å². The van der Waals surface area contributed by atoms with Gasteiger partial charge in [0.05, 0.1) is 6.20 Å². The summed E-state index contributed by atoms with van der Waals surface area (Å²) in [4.78, 5) is 8.29. The van der Waals surface area contributed by atoms with Crippen molar-refractivity contribution in [3.8, 4) is 11.5 Å². The first-order chi connectivity index (χ1) is 9.22. The Labute approximate surface area is 110 Å². The van der Waals surface area contributed by atoms with Crippen molar-refractivity contribution in [3.05, 3.63) is 30.0 Å². The second-order valence-electron chi connectivity index (χ2n) is 4.94. The minimum absolute atomic E-state index is 0.207. The molecule has 2 aromatic heterocycles. The Morgan fingerprint density at radius 1 is 1.32 bits per heavy atom. The summed E-state index contributed by atoms with van der Waals surface area (Å²) in [6.45, 7) is 0. The Kier molecular flexibility index (Phi) is 3.25. The van der Waals surface area contributed by atoms with Crippen LogP contribution in [0.3, 0.4) is 0 Å². The number of pyridine rings is 1. The van der Waals surface area contributed by atoms with Crippen LogP contribution < -0.4 is 5.73 Å². The summed E-state index contributed by atoms with van der Waals surface area (Å²) in [5.41, 5.74) is 6.46. The fraction of sp³-hybridized carbons (Fsp3) is 0.462. The highest BCUT2D eigenvalue weighted by Gasteiger charge is 2.25. The zero-order valence-corrected chi connectivity index (χ0v) is 10.4. The number of hydrogen-bond acceptors (Lipinski definition) is 5. The Hall–Kier alpha value is -1.82. The van der Waals surface area contributed by atoms with E-state index in [1.54, 1.807) is 0 Å². The topological polar surface area (TPSA) is 77.8 Å². The molecule has 0 spiro atoms. The fourth-order valence-corrected chi connectivity index (χ4v) is 2.47. The van der Waals surface area contributed by atoms with E-state index >= 15 is 0 Å². The quantitative estimate of drug-likeness (QED) is 0.898. The monoisotopic (exact) mass is 262 g/mol. The van der Waals surface area contributed by atoms with Crippen molar-refractivity contribution < 1.29 is 8.91 Å². The van der Waals surface area contributed by atoms with Crippen LogP contribution in [0.4, 0.5) is 4.39 Å². The smallest absolute Gasteiger partial charge is 0.230 e. The van der Waals surface area contributed by atoms with Crippen molar-refractivity contribution in [1.29, 1.82) is 0 Å². The van der Waals surface area contributed by atoms with Crippen LogP contribution in [0.25, 0.3) is 11.5 Å². The average molecular weight is 262 g/mol. The minimum Gasteiger partial charge on any atom is -0.339 e. The minimum atomic E-state index is -0.384. The van der Waals surface area contributed by atoms with Gasteiger partial charge >= 0.3 is 0 Å². The van der Waals surface area contributed by atoms with E-state index in [0.29, 0.717) is 17.4 Å². The van der Waals surface area contributed by atoms with Gasteiger partial charge in [-0.25, -0.2) is 9.37 Å². The summed E-state index contributed by atoms with van der Waals surface area (Å²) in [5.74, 6) is 0.849. The molecule has 0 aromatic carbocycles. The van der Waals surface area contributed by atoms with Gasteiger partial charge in [0.25, 0.3) is 0 Å². The van der Waals surface area contributed by atoms with Gasteiger partial charge in [0, 0.05) is 12.0 Å². The van der Waals surface area contributed by atoms with Gasteiger partial charge < -0.3 is 10.3 Å². The number of halogens is 1. The van der Waals surface area contributed by atoms with E-state index in [1.807, 2.05) is 0 Å². The van der Waals surface area contributed by atoms with Crippen molar-refractivity contribution >= 4 is 0 Å². The van der Waals surface area contributed by atoms with Gasteiger partial charge in [-0.05, 0) is 31.4 Å². The number of rotatable bonds is 2. The molecule has 100 valence electrons. The van der Waals surface area contributed by atoms with Crippen LogP contribution in [0, 0.1) is 5.82 Å². The molecule has 0 amide bonds. The Morgan fingerprint density at radius 3 is 2.95 bits per heavy atom. The van der Waals surface area contributed by atoms with Crippen LogP contribution in [0.5, 0.6) is 0 Å². The first kappa shape index (κ1) is 12.2. The summed E-state index contributed by atoms with van der Waals surface area (Å²) < 4.78 is 18.1. The maximum Gasteiger partial charge on any atom is 0.230 e. The number of hydrogen-bond donors (Lipinski definition) is 1. The van der Waals surface area contributed by atoms with Gasteiger partial charge in [-0.2, -0.15) is 4.98 Å². The van der Waals surface area contributed by atoms with E-state index in [9.17, 15) is 4.39 Å². The normalized spacial score (nSPS) is 23.5. The van der Waals surface area contributed by atoms with Crippen LogP contribution in [0.1, 0.15) is 37.5 Å². The number of nitrogens with zero attached hydrogens (tertiary/aromatic N) is 3. The molecule has 0 radical (unpaired) electrons. The maximum absolute atomic E-state index is 12.8. The molecule has 0 aliphatic heterocycles. The maximum atomic E-state index is 12.8. The predicted molar refractivity (Wildman–Crippen MR) is 66.7 cm³/mol. The fourth-order valence-electron chi connectivity index (χ4n) is 2.47. The third kappa shape index (κ3) is 2.63. The Balaban J connectivity index is 1.81. The van der Waals surface area contributed by atoms with Crippen molar-refractivity contribution in [3.63, 3.8) is 0 Å². The third-order valence-corrected chi connectivity index (χ3v) is 3.46. The lowest BCUT2D eigenvalue weighted by Gasteiger charge is -2.23. The lowest BCUT2D eigenvalue weighted by atomic mass is 9.86. The summed E-state index contributed by atoms with van der Waals surface area (Å²) in [7, 11) is 0. The molecule has 1 saturated carbocycles. The van der Waals surface area contributed by atoms with E-state index in [1.165, 1.54) is 12.1 Å². The lowest BCUT2D eigenvalue weighted by Crippen LogP contribution is -2.26. The van der Waals surface area contributed by atoms with Crippen molar-refractivity contribution in [2.45, 2.75) is 37.6 Å². The summed E-state index contributed by atoms with van der Waals surface area (Å²) in [6, 6.07) is 3.07. The highest BCUT2D eigenvalue weighted by atomic mass is 19.1. The van der Waals surface area contributed by atoms with E-state index in [0.717, 1.165) is 31.9 Å². The molecule has 2 atom stereocenters. The number of aromatic nitrogens is 3. The molecular weight excluding hydrogens is 247 g/mol. The number of nitrogens with two attached hydrogens (primary N) is 1. The molecule has 2 aromatic rings. The van der Waals surface area contributed by atoms with E-state index in [-0.39, 0.29) is 17.8 Å². The molecule has 19 heavy (non-hydrogen) atoms. The molecule has 1 fully saturated rings. The predicted octanol–water partition coefficient (Wildman–Crippen LogP) is 2.26. The van der Waals surface area contributed by atoms with Gasteiger partial charge in [-0.15, -0.1) is 0 Å². The molecule has 2 N–H and O–H groups in total. The van der Waals surface area contributed by atoms with Crippen LogP contribution in [0.2, 0.25) is 0 Å². The molecule has 2 unspecified atom stereocenters.